The van der Waals surface area contributed by atoms with Gasteiger partial charge in [-0.3, -0.25) is 9.10 Å². The fourth-order valence-electron chi connectivity index (χ4n) is 4.58. The van der Waals surface area contributed by atoms with Gasteiger partial charge in [0.2, 0.25) is 20.0 Å². The van der Waals surface area contributed by atoms with Crippen LogP contribution in [-0.2, 0) is 24.8 Å². The molecule has 0 radical (unpaired) electrons. The summed E-state index contributed by atoms with van der Waals surface area (Å²) in [4.78, 5) is 17.4. The number of likely N-dealkylation sites (N-methyl/N-ethyl adjacent to an activating group) is 1. The quantitative estimate of drug-likeness (QED) is 0.347. The standard InChI is InChI=1S/C24H30BrN5O5S2/c1-27-24(31)23(28-17-8-6-16(25)7-9-17)20-12-19(15-4-5-15)22(13-21(20)26)30(37(3,34)35)18-10-11-29(14-18)36(2,32)33/h6-9,12-13,15,18H,4-5,10-11,14,26H2,1-3H3,(H,27,31). The minimum Gasteiger partial charge on any atom is -0.398 e. The summed E-state index contributed by atoms with van der Waals surface area (Å²) in [5.74, 6) is -0.326. The van der Waals surface area contributed by atoms with E-state index in [2.05, 4.69) is 26.2 Å². The third-order valence-electron chi connectivity index (χ3n) is 6.50. The number of halogens is 1. The molecule has 2 aliphatic rings. The van der Waals surface area contributed by atoms with Gasteiger partial charge in [-0.1, -0.05) is 15.9 Å². The number of nitrogens with zero attached hydrogens (tertiary/aromatic N) is 3. The first-order valence-corrected chi connectivity index (χ1v) is 16.2. The maximum absolute atomic E-state index is 13.0. The lowest BCUT2D eigenvalue weighted by Gasteiger charge is -2.31. The molecular weight excluding hydrogens is 582 g/mol. The Kier molecular flexibility index (Phi) is 7.71. The van der Waals surface area contributed by atoms with Crippen molar-refractivity contribution in [3.05, 3.63) is 52.0 Å². The molecule has 0 bridgehead atoms. The van der Waals surface area contributed by atoms with Gasteiger partial charge in [-0.2, -0.15) is 4.31 Å². The summed E-state index contributed by atoms with van der Waals surface area (Å²) in [5.41, 5.74) is 8.92. The molecule has 2 aromatic carbocycles. The van der Waals surface area contributed by atoms with Gasteiger partial charge in [-0.25, -0.2) is 21.8 Å². The molecule has 1 unspecified atom stereocenters. The third-order valence-corrected chi connectivity index (χ3v) is 9.51. The van der Waals surface area contributed by atoms with E-state index in [4.69, 9.17) is 5.73 Å². The minimum absolute atomic E-state index is 0.0617. The molecule has 37 heavy (non-hydrogen) atoms. The number of nitrogen functional groups attached to an aromatic ring is 1. The van der Waals surface area contributed by atoms with Crippen molar-refractivity contribution in [1.82, 2.24) is 9.62 Å². The van der Waals surface area contributed by atoms with Gasteiger partial charge >= 0.3 is 0 Å². The molecule has 0 aromatic heterocycles. The van der Waals surface area contributed by atoms with Crippen LogP contribution >= 0.6 is 15.9 Å². The van der Waals surface area contributed by atoms with Crippen molar-refractivity contribution in [3.63, 3.8) is 0 Å². The average Bonchev–Trinajstić information content (AvgIpc) is 3.53. The highest BCUT2D eigenvalue weighted by molar-refractivity contribution is 9.10. The van der Waals surface area contributed by atoms with Crippen LogP contribution in [0.3, 0.4) is 0 Å². The number of carbonyl (C=O) groups is 1. The molecule has 0 spiro atoms. The second-order valence-corrected chi connectivity index (χ2v) is 14.2. The lowest BCUT2D eigenvalue weighted by atomic mass is 9.98. The highest BCUT2D eigenvalue weighted by Crippen LogP contribution is 2.47. The number of benzene rings is 2. The first-order valence-electron chi connectivity index (χ1n) is 11.7. The molecule has 13 heteroatoms. The van der Waals surface area contributed by atoms with E-state index in [1.807, 2.05) is 12.1 Å². The monoisotopic (exact) mass is 611 g/mol. The van der Waals surface area contributed by atoms with E-state index < -0.39 is 32.0 Å². The number of amides is 1. The van der Waals surface area contributed by atoms with E-state index in [0.717, 1.165) is 35.4 Å². The Balaban J connectivity index is 1.84. The SMILES string of the molecule is CNC(=O)C(=Nc1ccc(Br)cc1)c1cc(C2CC2)c(N(C2CCN(S(C)(=O)=O)C2)S(C)(=O)=O)cc1N. The van der Waals surface area contributed by atoms with Crippen molar-refractivity contribution in [2.45, 2.75) is 31.2 Å². The normalized spacial score (nSPS) is 19.1. The Labute approximate surface area is 226 Å². The highest BCUT2D eigenvalue weighted by atomic mass is 79.9. The summed E-state index contributed by atoms with van der Waals surface area (Å²) >= 11 is 3.39. The molecule has 4 rings (SSSR count). The molecule has 3 N–H and O–H groups in total. The van der Waals surface area contributed by atoms with E-state index >= 15 is 0 Å². The summed E-state index contributed by atoms with van der Waals surface area (Å²) in [6.45, 7) is 0.300. The van der Waals surface area contributed by atoms with Crippen molar-refractivity contribution in [2.24, 2.45) is 4.99 Å². The van der Waals surface area contributed by atoms with Crippen molar-refractivity contribution in [3.8, 4) is 0 Å². The zero-order valence-electron chi connectivity index (χ0n) is 20.8. The van der Waals surface area contributed by atoms with E-state index in [1.165, 1.54) is 15.7 Å². The number of carbonyl (C=O) groups excluding carboxylic acids is 1. The van der Waals surface area contributed by atoms with Crippen LogP contribution in [0.5, 0.6) is 0 Å². The molecule has 2 fully saturated rings. The summed E-state index contributed by atoms with van der Waals surface area (Å²) in [5, 5.41) is 2.61. The van der Waals surface area contributed by atoms with E-state index in [0.29, 0.717) is 23.4 Å². The van der Waals surface area contributed by atoms with Gasteiger partial charge in [0.25, 0.3) is 5.91 Å². The molecule has 2 aromatic rings. The number of anilines is 2. The summed E-state index contributed by atoms with van der Waals surface area (Å²) in [7, 11) is -5.73. The van der Waals surface area contributed by atoms with Gasteiger partial charge in [0, 0.05) is 35.9 Å². The minimum atomic E-state index is -3.78. The molecule has 1 atom stereocenters. The van der Waals surface area contributed by atoms with Gasteiger partial charge in [0.1, 0.15) is 5.71 Å². The van der Waals surface area contributed by atoms with Crippen LogP contribution in [0.25, 0.3) is 0 Å². The van der Waals surface area contributed by atoms with Crippen LogP contribution in [0.2, 0.25) is 0 Å². The van der Waals surface area contributed by atoms with Gasteiger partial charge in [0.15, 0.2) is 0 Å². The molecule has 1 heterocycles. The number of sulfonamides is 2. The van der Waals surface area contributed by atoms with Crippen LogP contribution in [0.15, 0.2) is 45.9 Å². The average molecular weight is 613 g/mol. The van der Waals surface area contributed by atoms with Gasteiger partial charge < -0.3 is 11.1 Å². The maximum Gasteiger partial charge on any atom is 0.270 e. The van der Waals surface area contributed by atoms with Gasteiger partial charge in [0.05, 0.1) is 29.9 Å². The Bertz CT molecular complexity index is 1460. The van der Waals surface area contributed by atoms with Crippen LogP contribution in [0, 0.1) is 0 Å². The zero-order valence-corrected chi connectivity index (χ0v) is 24.0. The predicted molar refractivity (Wildman–Crippen MR) is 149 cm³/mol. The van der Waals surface area contributed by atoms with Crippen molar-refractivity contribution < 1.29 is 21.6 Å². The molecule has 1 aliphatic carbocycles. The number of nitrogens with one attached hydrogen (secondary N) is 1. The van der Waals surface area contributed by atoms with Crippen molar-refractivity contribution in [2.75, 3.05) is 42.7 Å². The largest absolute Gasteiger partial charge is 0.398 e. The fourth-order valence-corrected chi connectivity index (χ4v) is 6.96. The second-order valence-electron chi connectivity index (χ2n) is 9.41. The Hall–Kier alpha value is -2.48. The highest BCUT2D eigenvalue weighted by Gasteiger charge is 2.39. The first kappa shape index (κ1) is 27.6. The lowest BCUT2D eigenvalue weighted by Crippen LogP contribution is -2.43. The van der Waals surface area contributed by atoms with Crippen LogP contribution in [0.1, 0.15) is 36.3 Å². The van der Waals surface area contributed by atoms with E-state index in [9.17, 15) is 21.6 Å². The smallest absolute Gasteiger partial charge is 0.270 e. The van der Waals surface area contributed by atoms with Gasteiger partial charge in [-0.05, 0) is 67.1 Å². The van der Waals surface area contributed by atoms with Crippen LogP contribution in [0.4, 0.5) is 17.1 Å². The molecule has 1 saturated carbocycles. The maximum atomic E-state index is 13.0. The molecule has 1 saturated heterocycles. The molecule has 1 amide bonds. The molecule has 1 aliphatic heterocycles. The third kappa shape index (κ3) is 6.16. The fraction of sp³-hybridized carbons (Fsp3) is 0.417. The van der Waals surface area contributed by atoms with E-state index in [-0.39, 0.29) is 30.4 Å². The summed E-state index contributed by atoms with van der Waals surface area (Å²) in [6, 6.07) is 9.92. The second kappa shape index (κ2) is 10.4. The number of aliphatic imine (C=N–C) groups is 1. The molecule has 10 nitrogen and oxygen atoms in total. The van der Waals surface area contributed by atoms with Crippen molar-refractivity contribution >= 4 is 64.7 Å². The Morgan fingerprint density at radius 1 is 1.11 bits per heavy atom. The van der Waals surface area contributed by atoms with E-state index in [1.54, 1.807) is 24.3 Å². The number of rotatable bonds is 8. The molecular formula is C24H30BrN5O5S2. The summed E-state index contributed by atoms with van der Waals surface area (Å²) in [6.07, 6.45) is 4.33. The Morgan fingerprint density at radius 2 is 1.76 bits per heavy atom. The number of nitrogens with two attached hydrogens (primary N) is 1. The lowest BCUT2D eigenvalue weighted by molar-refractivity contribution is -0.114. The number of hydrogen-bond acceptors (Lipinski definition) is 7. The number of hydrogen-bond donors (Lipinski definition) is 2. The molecule has 200 valence electrons. The Morgan fingerprint density at radius 3 is 2.27 bits per heavy atom. The van der Waals surface area contributed by atoms with Crippen LogP contribution in [-0.4, -0.2) is 71.5 Å². The van der Waals surface area contributed by atoms with Crippen molar-refractivity contribution in [1.29, 1.82) is 0 Å². The summed E-state index contributed by atoms with van der Waals surface area (Å²) < 4.78 is 53.7. The predicted octanol–water partition coefficient (Wildman–Crippen LogP) is 2.58. The zero-order chi connectivity index (χ0) is 27.1. The van der Waals surface area contributed by atoms with Gasteiger partial charge in [-0.15, -0.1) is 0 Å². The first-order chi connectivity index (χ1) is 17.3. The van der Waals surface area contributed by atoms with Crippen LogP contribution < -0.4 is 15.4 Å². The topological polar surface area (TPSA) is 142 Å².